The number of nitrogens with zero attached hydrogens (tertiary/aromatic N) is 3. The number of aromatic nitrogens is 1. The molecule has 2 aromatic carbocycles. The van der Waals surface area contributed by atoms with Gasteiger partial charge >= 0.3 is 0 Å². The molecule has 5 nitrogen and oxygen atoms in total. The first-order chi connectivity index (χ1) is 17.6. The van der Waals surface area contributed by atoms with Gasteiger partial charge in [0.1, 0.15) is 11.4 Å². The topological polar surface area (TPSA) is 45.7 Å². The van der Waals surface area contributed by atoms with E-state index in [1.165, 1.54) is 16.7 Å². The maximum Gasteiger partial charge on any atom is 0.272 e. The summed E-state index contributed by atoms with van der Waals surface area (Å²) in [6.07, 6.45) is 7.03. The highest BCUT2D eigenvalue weighted by atomic mass is 16.5. The van der Waals surface area contributed by atoms with Gasteiger partial charge < -0.3 is 9.64 Å². The van der Waals surface area contributed by atoms with Crippen LogP contribution in [0.3, 0.4) is 0 Å². The number of pyridine rings is 1. The zero-order valence-corrected chi connectivity index (χ0v) is 21.5. The quantitative estimate of drug-likeness (QED) is 0.402. The van der Waals surface area contributed by atoms with Crippen molar-refractivity contribution in [2.45, 2.75) is 57.7 Å². The van der Waals surface area contributed by atoms with Crippen LogP contribution in [0.2, 0.25) is 0 Å². The minimum absolute atomic E-state index is 0.0927. The molecule has 0 spiro atoms. The molecule has 36 heavy (non-hydrogen) atoms. The fourth-order valence-electron chi connectivity index (χ4n) is 5.70. The maximum atomic E-state index is 13.7. The van der Waals surface area contributed by atoms with Crippen LogP contribution >= 0.6 is 0 Å². The molecule has 188 valence electrons. The number of aryl methyl sites for hydroxylation is 1. The fourth-order valence-corrected chi connectivity index (χ4v) is 5.70. The molecule has 5 rings (SSSR count). The highest BCUT2D eigenvalue weighted by molar-refractivity contribution is 5.93. The smallest absolute Gasteiger partial charge is 0.272 e. The van der Waals surface area contributed by atoms with E-state index in [1.807, 2.05) is 18.2 Å². The Balaban J connectivity index is 1.32. The predicted molar refractivity (Wildman–Crippen MR) is 143 cm³/mol. The Hall–Kier alpha value is -3.18. The van der Waals surface area contributed by atoms with Gasteiger partial charge in [-0.05, 0) is 92.9 Å². The van der Waals surface area contributed by atoms with Gasteiger partial charge in [0.15, 0.2) is 0 Å². The summed E-state index contributed by atoms with van der Waals surface area (Å²) in [6, 6.07) is 23.3. The van der Waals surface area contributed by atoms with E-state index < -0.39 is 0 Å². The molecule has 3 aromatic rings. The average molecular weight is 484 g/mol. The molecule has 0 radical (unpaired) electrons. The third-order valence-corrected chi connectivity index (χ3v) is 7.75. The second-order valence-corrected chi connectivity index (χ2v) is 10.3. The van der Waals surface area contributed by atoms with Gasteiger partial charge in [-0.25, -0.2) is 0 Å². The van der Waals surface area contributed by atoms with E-state index >= 15 is 0 Å². The molecule has 1 amide bonds. The number of ether oxygens (including phenoxy) is 1. The van der Waals surface area contributed by atoms with Crippen LogP contribution in [0.1, 0.15) is 52.9 Å². The largest absolute Gasteiger partial charge is 0.496 e. The molecule has 1 saturated heterocycles. The van der Waals surface area contributed by atoms with Crippen LogP contribution in [0.15, 0.2) is 72.9 Å². The number of amides is 1. The van der Waals surface area contributed by atoms with Crippen molar-refractivity contribution >= 4 is 5.91 Å². The predicted octanol–water partition coefficient (Wildman–Crippen LogP) is 5.53. The van der Waals surface area contributed by atoms with Crippen LogP contribution in [0.4, 0.5) is 0 Å². The van der Waals surface area contributed by atoms with Crippen LogP contribution in [0.25, 0.3) is 0 Å². The first kappa shape index (κ1) is 24.5. The lowest BCUT2D eigenvalue weighted by Gasteiger charge is -2.42. The highest BCUT2D eigenvalue weighted by Gasteiger charge is 2.42. The molecule has 2 aliphatic rings. The Kier molecular flexibility index (Phi) is 7.66. The molecule has 0 bridgehead atoms. The van der Waals surface area contributed by atoms with Gasteiger partial charge in [0.05, 0.1) is 7.11 Å². The van der Waals surface area contributed by atoms with Crippen molar-refractivity contribution in [3.05, 3.63) is 95.3 Å². The van der Waals surface area contributed by atoms with Gasteiger partial charge in [-0.15, -0.1) is 0 Å². The first-order valence-corrected chi connectivity index (χ1v) is 13.3. The maximum absolute atomic E-state index is 13.7. The second-order valence-electron chi connectivity index (χ2n) is 10.3. The first-order valence-electron chi connectivity index (χ1n) is 13.3. The summed E-state index contributed by atoms with van der Waals surface area (Å²) in [5.74, 6) is 1.52. The minimum atomic E-state index is 0.0927. The zero-order valence-electron chi connectivity index (χ0n) is 21.5. The lowest BCUT2D eigenvalue weighted by atomic mass is 9.84. The van der Waals surface area contributed by atoms with E-state index in [1.54, 1.807) is 13.3 Å². The van der Waals surface area contributed by atoms with Crippen LogP contribution in [0, 0.1) is 12.8 Å². The van der Waals surface area contributed by atoms with E-state index in [2.05, 4.69) is 70.2 Å². The van der Waals surface area contributed by atoms with Crippen LogP contribution in [-0.4, -0.2) is 53.0 Å². The molecule has 0 N–H and O–H groups in total. The Labute approximate surface area is 215 Å². The van der Waals surface area contributed by atoms with E-state index in [4.69, 9.17) is 4.74 Å². The summed E-state index contributed by atoms with van der Waals surface area (Å²) in [6.45, 7) is 5.17. The summed E-state index contributed by atoms with van der Waals surface area (Å²) >= 11 is 0. The second kappa shape index (κ2) is 11.3. The fraction of sp³-hybridized carbons (Fsp3) is 0.419. The van der Waals surface area contributed by atoms with Crippen molar-refractivity contribution in [2.75, 3.05) is 20.2 Å². The Morgan fingerprint density at radius 1 is 1.00 bits per heavy atom. The normalized spacial score (nSPS) is 17.5. The summed E-state index contributed by atoms with van der Waals surface area (Å²) in [5.41, 5.74) is 4.38. The summed E-state index contributed by atoms with van der Waals surface area (Å²) in [5, 5.41) is 0. The van der Waals surface area contributed by atoms with Gasteiger partial charge in [0.2, 0.25) is 0 Å². The van der Waals surface area contributed by atoms with Crippen molar-refractivity contribution in [3.63, 3.8) is 0 Å². The summed E-state index contributed by atoms with van der Waals surface area (Å²) in [7, 11) is 1.72. The third-order valence-electron chi connectivity index (χ3n) is 7.75. The zero-order chi connectivity index (χ0) is 24.9. The standard InChI is InChI=1S/C31H37N3O2/c1-23-20-25(11-14-30(23)36-2)22-33-18-15-26(16-19-33)29(21-24-8-4-3-5-9-24)34(27-12-13-27)31(35)28-10-6-7-17-32-28/h3-11,14,17,20,26-27,29H,12-13,15-16,18-19,21-22H2,1-2H3. The van der Waals surface area contributed by atoms with E-state index in [-0.39, 0.29) is 11.9 Å². The number of likely N-dealkylation sites (tertiary alicyclic amines) is 1. The monoisotopic (exact) mass is 483 g/mol. The number of piperidine rings is 1. The van der Waals surface area contributed by atoms with Gasteiger partial charge in [0.25, 0.3) is 5.91 Å². The van der Waals surface area contributed by atoms with E-state index in [9.17, 15) is 4.79 Å². The van der Waals surface area contributed by atoms with Gasteiger partial charge in [-0.3, -0.25) is 14.7 Å². The number of benzene rings is 2. The average Bonchev–Trinajstić information content (AvgIpc) is 3.75. The Bertz CT molecular complexity index is 1140. The Morgan fingerprint density at radius 2 is 1.75 bits per heavy atom. The number of hydrogen-bond donors (Lipinski definition) is 0. The molecule has 1 atom stereocenters. The van der Waals surface area contributed by atoms with E-state index in [0.29, 0.717) is 17.7 Å². The molecule has 1 aromatic heterocycles. The number of carbonyl (C=O) groups is 1. The van der Waals surface area contributed by atoms with Gasteiger partial charge in [-0.2, -0.15) is 0 Å². The molecular formula is C31H37N3O2. The molecule has 5 heteroatoms. The number of hydrogen-bond acceptors (Lipinski definition) is 4. The third kappa shape index (κ3) is 5.79. The van der Waals surface area contributed by atoms with Gasteiger partial charge in [0, 0.05) is 24.8 Å². The minimum Gasteiger partial charge on any atom is -0.496 e. The molecule has 1 unspecified atom stereocenters. The molecule has 2 heterocycles. The van der Waals surface area contributed by atoms with Crippen molar-refractivity contribution in [3.8, 4) is 5.75 Å². The van der Waals surface area contributed by atoms with Crippen molar-refractivity contribution in [1.29, 1.82) is 0 Å². The molecule has 1 aliphatic carbocycles. The lowest BCUT2D eigenvalue weighted by molar-refractivity contribution is 0.0477. The van der Waals surface area contributed by atoms with Crippen molar-refractivity contribution < 1.29 is 9.53 Å². The van der Waals surface area contributed by atoms with E-state index in [0.717, 1.165) is 57.5 Å². The number of carbonyl (C=O) groups excluding carboxylic acids is 1. The van der Waals surface area contributed by atoms with Crippen LogP contribution in [-0.2, 0) is 13.0 Å². The Morgan fingerprint density at radius 3 is 2.39 bits per heavy atom. The van der Waals surface area contributed by atoms with Crippen molar-refractivity contribution in [1.82, 2.24) is 14.8 Å². The molecule has 1 aliphatic heterocycles. The van der Waals surface area contributed by atoms with Crippen LogP contribution < -0.4 is 4.74 Å². The SMILES string of the molecule is COc1ccc(CN2CCC(C(Cc3ccccc3)N(C(=O)c3ccccn3)C3CC3)CC2)cc1C. The number of rotatable bonds is 9. The molecular weight excluding hydrogens is 446 g/mol. The summed E-state index contributed by atoms with van der Waals surface area (Å²) in [4.78, 5) is 22.9. The highest BCUT2D eigenvalue weighted by Crippen LogP contribution is 2.36. The molecule has 1 saturated carbocycles. The van der Waals surface area contributed by atoms with Crippen LogP contribution in [0.5, 0.6) is 5.75 Å². The number of methoxy groups -OCH3 is 1. The van der Waals surface area contributed by atoms with Crippen molar-refractivity contribution in [2.24, 2.45) is 5.92 Å². The summed E-state index contributed by atoms with van der Waals surface area (Å²) < 4.78 is 5.43. The van der Waals surface area contributed by atoms with Gasteiger partial charge in [-0.1, -0.05) is 48.5 Å². The molecule has 2 fully saturated rings. The lowest BCUT2D eigenvalue weighted by Crippen LogP contribution is -2.50.